The van der Waals surface area contributed by atoms with Gasteiger partial charge in [-0.05, 0) is 61.4 Å². The molecule has 6 nitrogen and oxygen atoms in total. The van der Waals surface area contributed by atoms with Crippen LogP contribution in [0.3, 0.4) is 0 Å². The van der Waals surface area contributed by atoms with E-state index < -0.39 is 0 Å². The second kappa shape index (κ2) is 8.51. The smallest absolute Gasteiger partial charge is 0.270 e. The number of carbonyl (C=O) groups excluding carboxylic acids is 1. The highest BCUT2D eigenvalue weighted by Crippen LogP contribution is 2.25. The van der Waals surface area contributed by atoms with E-state index in [2.05, 4.69) is 16.4 Å². The summed E-state index contributed by atoms with van der Waals surface area (Å²) < 4.78 is 5.81. The van der Waals surface area contributed by atoms with Crippen molar-refractivity contribution >= 4 is 16.8 Å². The Bertz CT molecular complexity index is 1030. The highest BCUT2D eigenvalue weighted by molar-refractivity contribution is 5.95. The van der Waals surface area contributed by atoms with Crippen LogP contribution < -0.4 is 10.1 Å². The van der Waals surface area contributed by atoms with E-state index in [1.54, 1.807) is 42.5 Å². The van der Waals surface area contributed by atoms with Crippen molar-refractivity contribution in [2.24, 2.45) is 5.92 Å². The number of ether oxygens (including phenoxy) is 1. The summed E-state index contributed by atoms with van der Waals surface area (Å²) in [6.07, 6.45) is 0. The molecule has 1 aromatic heterocycles. The topological polar surface area (TPSA) is 95.2 Å². The van der Waals surface area contributed by atoms with E-state index in [-0.39, 0.29) is 24.5 Å². The van der Waals surface area contributed by atoms with Gasteiger partial charge in [-0.2, -0.15) is 5.26 Å². The number of aliphatic hydroxyl groups is 1. The molecule has 2 atom stereocenters. The van der Waals surface area contributed by atoms with E-state index in [1.165, 1.54) is 0 Å². The van der Waals surface area contributed by atoms with E-state index in [9.17, 15) is 9.90 Å². The zero-order valence-corrected chi connectivity index (χ0v) is 15.7. The van der Waals surface area contributed by atoms with Crippen molar-refractivity contribution in [3.63, 3.8) is 0 Å². The van der Waals surface area contributed by atoms with Crippen LogP contribution in [0.5, 0.6) is 11.5 Å². The van der Waals surface area contributed by atoms with Gasteiger partial charge in [0.1, 0.15) is 17.2 Å². The molecule has 3 aromatic rings. The van der Waals surface area contributed by atoms with Crippen molar-refractivity contribution in [2.75, 3.05) is 6.61 Å². The molecule has 3 rings (SSSR count). The summed E-state index contributed by atoms with van der Waals surface area (Å²) in [5.74, 6) is 0.967. The standard InChI is InChI=1S/C22H21N3O3/c1-14(13-26)15(2)24-22(27)21-9-5-17-11-19(8-10-20(17)25-21)28-18-6-3-16(12-23)4-7-18/h3-11,14-15,26H,13H2,1-2H3,(H,24,27)/t14?,15-/m1/s1. The number of rotatable bonds is 6. The number of pyridine rings is 1. The van der Waals surface area contributed by atoms with Gasteiger partial charge in [0.05, 0.1) is 17.1 Å². The Morgan fingerprint density at radius 1 is 1.14 bits per heavy atom. The molecule has 1 unspecified atom stereocenters. The monoisotopic (exact) mass is 375 g/mol. The number of aliphatic hydroxyl groups excluding tert-OH is 1. The third-order valence-electron chi connectivity index (χ3n) is 4.61. The van der Waals surface area contributed by atoms with Crippen LogP contribution >= 0.6 is 0 Å². The lowest BCUT2D eigenvalue weighted by Crippen LogP contribution is -2.38. The van der Waals surface area contributed by atoms with E-state index in [0.29, 0.717) is 28.3 Å². The molecule has 0 aliphatic rings. The van der Waals surface area contributed by atoms with Gasteiger partial charge in [-0.15, -0.1) is 0 Å². The van der Waals surface area contributed by atoms with E-state index >= 15 is 0 Å². The highest BCUT2D eigenvalue weighted by Gasteiger charge is 2.16. The van der Waals surface area contributed by atoms with Gasteiger partial charge in [0.25, 0.3) is 5.91 Å². The fraction of sp³-hybridized carbons (Fsp3) is 0.227. The SMILES string of the molecule is CC(CO)[C@@H](C)NC(=O)c1ccc2cc(Oc3ccc(C#N)cc3)ccc2n1. The minimum atomic E-state index is -0.271. The van der Waals surface area contributed by atoms with Crippen LogP contribution in [0.2, 0.25) is 0 Å². The summed E-state index contributed by atoms with van der Waals surface area (Å²) in [6.45, 7) is 3.73. The molecule has 28 heavy (non-hydrogen) atoms. The number of benzene rings is 2. The lowest BCUT2D eigenvalue weighted by molar-refractivity contribution is 0.0911. The van der Waals surface area contributed by atoms with Gasteiger partial charge in [0.15, 0.2) is 0 Å². The average molecular weight is 375 g/mol. The first kappa shape index (κ1) is 19.3. The number of nitrogens with zero attached hydrogens (tertiary/aromatic N) is 2. The molecule has 6 heteroatoms. The molecule has 0 saturated heterocycles. The molecule has 2 aromatic carbocycles. The van der Waals surface area contributed by atoms with Crippen LogP contribution in [-0.2, 0) is 0 Å². The van der Waals surface area contributed by atoms with Gasteiger partial charge < -0.3 is 15.2 Å². The second-order valence-electron chi connectivity index (χ2n) is 6.71. The summed E-state index contributed by atoms with van der Waals surface area (Å²) in [7, 11) is 0. The van der Waals surface area contributed by atoms with Crippen molar-refractivity contribution in [3.05, 3.63) is 65.9 Å². The average Bonchev–Trinajstić information content (AvgIpc) is 2.73. The summed E-state index contributed by atoms with van der Waals surface area (Å²) >= 11 is 0. The van der Waals surface area contributed by atoms with Crippen LogP contribution in [0.15, 0.2) is 54.6 Å². The molecule has 0 aliphatic carbocycles. The number of nitriles is 1. The molecule has 0 aliphatic heterocycles. The Hall–Kier alpha value is -3.43. The predicted molar refractivity (Wildman–Crippen MR) is 106 cm³/mol. The van der Waals surface area contributed by atoms with Crippen LogP contribution in [0.1, 0.15) is 29.9 Å². The third-order valence-corrected chi connectivity index (χ3v) is 4.61. The minimum absolute atomic E-state index is 0.00854. The molecule has 1 heterocycles. The Labute approximate surface area is 163 Å². The Morgan fingerprint density at radius 3 is 2.54 bits per heavy atom. The number of hydrogen-bond donors (Lipinski definition) is 2. The van der Waals surface area contributed by atoms with Crippen molar-refractivity contribution in [1.82, 2.24) is 10.3 Å². The van der Waals surface area contributed by atoms with Crippen LogP contribution in [0.4, 0.5) is 0 Å². The van der Waals surface area contributed by atoms with Gasteiger partial charge in [-0.3, -0.25) is 4.79 Å². The number of aromatic nitrogens is 1. The van der Waals surface area contributed by atoms with Crippen molar-refractivity contribution < 1.29 is 14.6 Å². The van der Waals surface area contributed by atoms with Gasteiger partial charge in [-0.25, -0.2) is 4.98 Å². The van der Waals surface area contributed by atoms with Gasteiger partial charge >= 0.3 is 0 Å². The first-order valence-electron chi connectivity index (χ1n) is 9.00. The van der Waals surface area contributed by atoms with Crippen molar-refractivity contribution in [2.45, 2.75) is 19.9 Å². The summed E-state index contributed by atoms with van der Waals surface area (Å²) in [5, 5.41) is 21.7. The fourth-order valence-corrected chi connectivity index (χ4v) is 2.61. The first-order valence-corrected chi connectivity index (χ1v) is 9.00. The summed E-state index contributed by atoms with van der Waals surface area (Å²) in [6, 6.07) is 17.7. The molecule has 0 saturated carbocycles. The van der Waals surface area contributed by atoms with Crippen LogP contribution in [0, 0.1) is 17.2 Å². The molecule has 0 radical (unpaired) electrons. The Balaban J connectivity index is 1.76. The number of carbonyl (C=O) groups is 1. The fourth-order valence-electron chi connectivity index (χ4n) is 2.61. The molecule has 2 N–H and O–H groups in total. The lowest BCUT2D eigenvalue weighted by Gasteiger charge is -2.19. The number of hydrogen-bond acceptors (Lipinski definition) is 5. The number of nitrogens with one attached hydrogen (secondary N) is 1. The molecule has 0 fully saturated rings. The maximum Gasteiger partial charge on any atom is 0.270 e. The Morgan fingerprint density at radius 2 is 1.86 bits per heavy atom. The second-order valence-corrected chi connectivity index (χ2v) is 6.71. The largest absolute Gasteiger partial charge is 0.457 e. The highest BCUT2D eigenvalue weighted by atomic mass is 16.5. The zero-order valence-electron chi connectivity index (χ0n) is 15.7. The van der Waals surface area contributed by atoms with E-state index in [1.807, 2.05) is 26.0 Å². The lowest BCUT2D eigenvalue weighted by atomic mass is 10.1. The van der Waals surface area contributed by atoms with Crippen molar-refractivity contribution in [3.8, 4) is 17.6 Å². The number of amides is 1. The van der Waals surface area contributed by atoms with Crippen LogP contribution in [0.25, 0.3) is 10.9 Å². The maximum atomic E-state index is 12.4. The van der Waals surface area contributed by atoms with Crippen molar-refractivity contribution in [1.29, 1.82) is 5.26 Å². The zero-order chi connectivity index (χ0) is 20.1. The van der Waals surface area contributed by atoms with E-state index in [0.717, 1.165) is 5.39 Å². The summed E-state index contributed by atoms with van der Waals surface area (Å²) in [5.41, 5.74) is 1.58. The van der Waals surface area contributed by atoms with Gasteiger partial charge in [0.2, 0.25) is 0 Å². The molecule has 142 valence electrons. The molecule has 1 amide bonds. The Kier molecular flexibility index (Phi) is 5.87. The minimum Gasteiger partial charge on any atom is -0.457 e. The number of fused-ring (bicyclic) bond motifs is 1. The summed E-state index contributed by atoms with van der Waals surface area (Å²) in [4.78, 5) is 16.8. The first-order chi connectivity index (χ1) is 13.5. The molecular weight excluding hydrogens is 354 g/mol. The van der Waals surface area contributed by atoms with Gasteiger partial charge in [-0.1, -0.05) is 13.0 Å². The van der Waals surface area contributed by atoms with E-state index in [4.69, 9.17) is 10.00 Å². The molecule has 0 spiro atoms. The van der Waals surface area contributed by atoms with Gasteiger partial charge in [0, 0.05) is 18.0 Å². The quantitative estimate of drug-likeness (QED) is 0.686. The normalized spacial score (nSPS) is 12.8. The van der Waals surface area contributed by atoms with Crippen LogP contribution in [-0.4, -0.2) is 28.6 Å². The maximum absolute atomic E-state index is 12.4. The predicted octanol–water partition coefficient (Wildman–Crippen LogP) is 3.65. The molecular formula is C22H21N3O3. The third kappa shape index (κ3) is 4.45. The molecule has 0 bridgehead atoms.